The summed E-state index contributed by atoms with van der Waals surface area (Å²) >= 11 is 0. The van der Waals surface area contributed by atoms with Crippen molar-refractivity contribution < 1.29 is 27.9 Å². The van der Waals surface area contributed by atoms with Crippen molar-refractivity contribution >= 4 is 64.9 Å². The largest absolute Gasteiger partial charge is 0.338 e. The lowest BCUT2D eigenvalue weighted by molar-refractivity contribution is -0.665. The Bertz CT molecular complexity index is 6610. The number of pyridine rings is 4. The highest BCUT2D eigenvalue weighted by atomic mass is 15.0. The molecule has 0 radical (unpaired) electrons. The second kappa shape index (κ2) is 31.9. The molecule has 10 aromatic carbocycles. The van der Waals surface area contributed by atoms with Crippen LogP contribution in [0.2, 0.25) is 0 Å². The molecule has 0 bridgehead atoms. The zero-order chi connectivity index (χ0) is 90.0. The third-order valence-corrected chi connectivity index (χ3v) is 23.8. The average Bonchev–Trinajstić information content (AvgIpc) is 1.68. The number of aryl methyl sites for hydroxylation is 4. The van der Waals surface area contributed by atoms with Gasteiger partial charge in [-0.05, 0) is 257 Å². The number of rotatable bonds is 9. The SMILES string of the molecule is [2H]c1c(C)[n+](C)c(-c2cc3c(cc2C)-c2ccccc2C3(C)C)c2ccc(CC(C)(C)C)cc12.[2H]c1c(C)[n+](C)c(-c2cc3c(cc2C)c2ccccc2n3C(C)C)c2ccc(CC(C)(C)C)cc12.[2H]c1c([2H])[n+](C)c(-c2cc(C)cc(C)c2C)c2ccc(CC(C)(C)C)cc12.[2H]c1cc([2H])c(C)c(-c2c3ccc(CC(C)(C)C)cc3c([2H])c(C)[n+]2C)c1. The van der Waals surface area contributed by atoms with Crippen molar-refractivity contribution in [1.29, 1.82) is 0 Å². The fourth-order valence-corrected chi connectivity index (χ4v) is 18.1. The molecule has 5 heteroatoms. The molecular weight excluding hydrogens is 1400 g/mol. The lowest BCUT2D eigenvalue weighted by Gasteiger charge is -2.22. The Morgan fingerprint density at radius 2 is 0.793 bits per heavy atom. The van der Waals surface area contributed by atoms with Crippen molar-refractivity contribution in [2.24, 2.45) is 49.9 Å². The van der Waals surface area contributed by atoms with Gasteiger partial charge in [0.2, 0.25) is 22.8 Å². The van der Waals surface area contributed by atoms with Crippen LogP contribution in [0.15, 0.2) is 212 Å². The van der Waals surface area contributed by atoms with Crippen molar-refractivity contribution in [3.8, 4) is 56.2 Å². The molecule has 5 nitrogen and oxygen atoms in total. The summed E-state index contributed by atoms with van der Waals surface area (Å²) in [6, 6.07) is 64.4. The molecule has 0 saturated heterocycles. The highest BCUT2D eigenvalue weighted by Crippen LogP contribution is 2.51. The fourth-order valence-electron chi connectivity index (χ4n) is 18.1. The molecule has 0 N–H and O–H groups in total. The highest BCUT2D eigenvalue weighted by Gasteiger charge is 2.37. The van der Waals surface area contributed by atoms with Crippen LogP contribution in [0.1, 0.15) is 210 Å². The van der Waals surface area contributed by atoms with E-state index in [1.54, 1.807) is 6.07 Å². The highest BCUT2D eigenvalue weighted by molar-refractivity contribution is 6.10. The van der Waals surface area contributed by atoms with E-state index in [0.29, 0.717) is 42.3 Å². The molecule has 0 saturated carbocycles. The van der Waals surface area contributed by atoms with Gasteiger partial charge in [0.15, 0.2) is 23.3 Å². The van der Waals surface area contributed by atoms with Crippen LogP contribution in [0.5, 0.6) is 0 Å². The molecule has 15 aromatic rings. The lowest BCUT2D eigenvalue weighted by Crippen LogP contribution is -2.35. The van der Waals surface area contributed by atoms with E-state index in [9.17, 15) is 0 Å². The van der Waals surface area contributed by atoms with Crippen LogP contribution in [0, 0.1) is 84.0 Å². The molecule has 5 heterocycles. The Balaban J connectivity index is 0.000000142. The molecule has 0 fully saturated rings. The molecule has 0 spiro atoms. The third kappa shape index (κ3) is 17.2. The Kier molecular flexibility index (Phi) is 20.5. The maximum absolute atomic E-state index is 8.94. The van der Waals surface area contributed by atoms with Crippen LogP contribution in [0.4, 0.5) is 0 Å². The topological polar surface area (TPSA) is 20.4 Å². The van der Waals surface area contributed by atoms with E-state index >= 15 is 0 Å². The average molecular weight is 1540 g/mol. The second-order valence-corrected chi connectivity index (χ2v) is 39.4. The Labute approximate surface area is 705 Å². The Morgan fingerprint density at radius 3 is 1.28 bits per heavy atom. The van der Waals surface area contributed by atoms with Crippen LogP contribution in [-0.2, 0) is 59.3 Å². The first-order valence-electron chi connectivity index (χ1n) is 45.5. The molecule has 596 valence electrons. The standard InChI is InChI=1S/C32H37N2.C32H36N.C24H30N.C23H28N/c1-20(2)34-29-12-10-9-11-26(29)28-15-21(3)27(18-30(28)34)31-25-14-13-23(19-32(5,6)7)17-24(25)16-22(4)33(31)8;1-20-15-27-25-11-9-10-12-28(25)32(6,7)29(27)18-26(20)30-24-14-13-22(19-31(3,4)5)17-23(24)16-21(2)33(30)8;1-16-12-17(2)18(3)22(13-16)23-21-9-8-19(15-24(4,5)6)14-20(21)10-11-25(23)7;1-16-9-7-8-10-20(16)22-21-12-11-18(15-23(3,4)5)14-19(21)13-17(2)24(22)6/h9-18,20H,19H2,1-8H3;9-18H,19H2,1-8H3;8-14H,15H2,1-7H3;7-14H,15H2,1-6H3/q4*+1/i2*16D;10D,11D;8D,9D,13D. The Hall–Kier alpha value is -10.4. The number of aromatic nitrogens is 5. The minimum Gasteiger partial charge on any atom is -0.338 e. The third-order valence-electron chi connectivity index (χ3n) is 23.8. The van der Waals surface area contributed by atoms with Gasteiger partial charge < -0.3 is 4.57 Å². The summed E-state index contributed by atoms with van der Waals surface area (Å²) in [6.07, 6.45) is 4.16. The van der Waals surface area contributed by atoms with Crippen molar-refractivity contribution in [2.75, 3.05) is 0 Å². The first-order valence-corrected chi connectivity index (χ1v) is 42.0. The summed E-state index contributed by atoms with van der Waals surface area (Å²) in [4.78, 5) is 0. The number of nitrogens with zero attached hydrogens (tertiary/aromatic N) is 5. The minimum absolute atomic E-state index is 0.0347. The molecule has 1 aliphatic carbocycles. The number of hydrogen-bond donors (Lipinski definition) is 0. The van der Waals surface area contributed by atoms with Gasteiger partial charge in [0.1, 0.15) is 29.6 Å². The van der Waals surface area contributed by atoms with Gasteiger partial charge in [0.05, 0.1) is 52.0 Å². The van der Waals surface area contributed by atoms with E-state index in [-0.39, 0.29) is 33.2 Å². The molecule has 116 heavy (non-hydrogen) atoms. The molecular formula is C111H131N5+4. The fraction of sp³-hybridized carbons (Fsp3) is 0.351. The predicted octanol–water partition coefficient (Wildman–Crippen LogP) is 27.5. The maximum atomic E-state index is 8.94. The van der Waals surface area contributed by atoms with Gasteiger partial charge in [-0.15, -0.1) is 0 Å². The van der Waals surface area contributed by atoms with Gasteiger partial charge in [0, 0.05) is 78.3 Å². The summed E-state index contributed by atoms with van der Waals surface area (Å²) in [6.45, 7) is 55.0. The number of para-hydroxylation sites is 1. The van der Waals surface area contributed by atoms with Gasteiger partial charge in [-0.2, -0.15) is 13.7 Å². The van der Waals surface area contributed by atoms with Gasteiger partial charge in [-0.1, -0.05) is 224 Å². The number of hydrogen-bond acceptors (Lipinski definition) is 0. The zero-order valence-electron chi connectivity index (χ0n) is 82.3. The molecule has 0 aliphatic heterocycles. The molecule has 0 amide bonds. The summed E-state index contributed by atoms with van der Waals surface area (Å²) in [5.41, 5.74) is 32.8. The molecule has 0 atom stereocenters. The summed E-state index contributed by atoms with van der Waals surface area (Å²) in [7, 11) is 8.07. The zero-order valence-corrected chi connectivity index (χ0v) is 75.3. The summed E-state index contributed by atoms with van der Waals surface area (Å²) in [5, 5.41) is 10.9. The van der Waals surface area contributed by atoms with E-state index in [2.05, 4.69) is 345 Å². The monoisotopic (exact) mass is 1540 g/mol. The molecule has 1 aliphatic rings. The first kappa shape index (κ1) is 74.5. The van der Waals surface area contributed by atoms with Gasteiger partial charge in [-0.3, -0.25) is 0 Å². The maximum Gasteiger partial charge on any atom is 0.220 e. The molecule has 5 aromatic heterocycles. The van der Waals surface area contributed by atoms with Crippen molar-refractivity contribution in [2.45, 2.75) is 210 Å². The summed E-state index contributed by atoms with van der Waals surface area (Å²) in [5.74, 6) is 0. The van der Waals surface area contributed by atoms with Crippen molar-refractivity contribution in [3.63, 3.8) is 0 Å². The predicted molar refractivity (Wildman–Crippen MR) is 498 cm³/mol. The van der Waals surface area contributed by atoms with E-state index in [1.165, 1.54) is 117 Å². The lowest BCUT2D eigenvalue weighted by atomic mass is 9.81. The van der Waals surface area contributed by atoms with E-state index in [0.717, 1.165) is 114 Å². The van der Waals surface area contributed by atoms with Crippen molar-refractivity contribution in [3.05, 3.63) is 296 Å². The number of fused-ring (bicyclic) bond motifs is 10. The van der Waals surface area contributed by atoms with Crippen LogP contribution in [0.25, 0.3) is 121 Å². The van der Waals surface area contributed by atoms with Crippen LogP contribution in [-0.4, -0.2) is 4.57 Å². The quantitative estimate of drug-likeness (QED) is 0.128. The minimum atomic E-state index is -0.0347. The van der Waals surface area contributed by atoms with Crippen LogP contribution < -0.4 is 18.3 Å². The molecule has 16 rings (SSSR count). The Morgan fingerprint density at radius 1 is 0.353 bits per heavy atom. The summed E-state index contributed by atoms with van der Waals surface area (Å²) < 4.78 is 70.6. The first-order chi connectivity index (χ1) is 57.4. The van der Waals surface area contributed by atoms with Gasteiger partial charge in [0.25, 0.3) is 0 Å². The number of benzene rings is 10. The van der Waals surface area contributed by atoms with E-state index < -0.39 is 0 Å². The second-order valence-electron chi connectivity index (χ2n) is 39.4. The molecule has 0 unspecified atom stereocenters. The van der Waals surface area contributed by atoms with Gasteiger partial charge in [-0.25, -0.2) is 4.57 Å². The van der Waals surface area contributed by atoms with Crippen LogP contribution >= 0.6 is 0 Å². The van der Waals surface area contributed by atoms with E-state index in [4.69, 9.17) is 9.60 Å². The van der Waals surface area contributed by atoms with E-state index in [1.807, 2.05) is 43.1 Å². The smallest absolute Gasteiger partial charge is 0.220 e. The normalized spacial score (nSPS) is 13.7. The van der Waals surface area contributed by atoms with Crippen LogP contribution in [0.3, 0.4) is 0 Å². The van der Waals surface area contributed by atoms with Crippen molar-refractivity contribution in [1.82, 2.24) is 4.57 Å². The van der Waals surface area contributed by atoms with Gasteiger partial charge >= 0.3 is 0 Å².